The molecular formula is C37H62FN9OS5. The number of likely N-dealkylation sites (N-methyl/N-ethyl adjacent to an activating group) is 3. The van der Waals surface area contributed by atoms with Crippen LogP contribution in [-0.2, 0) is 66.7 Å². The normalized spacial score (nSPS) is 16.1. The van der Waals surface area contributed by atoms with Crippen LogP contribution in [0, 0.1) is 20.8 Å². The van der Waals surface area contributed by atoms with Crippen LogP contribution in [-0.4, -0.2) is 145 Å². The van der Waals surface area contributed by atoms with Crippen LogP contribution in [0.5, 0.6) is 0 Å². The van der Waals surface area contributed by atoms with Crippen LogP contribution in [0.1, 0.15) is 46.0 Å². The quantitative estimate of drug-likeness (QED) is 0.379. The lowest BCUT2D eigenvalue weighted by Crippen LogP contribution is -2.43. The van der Waals surface area contributed by atoms with E-state index in [-0.39, 0.29) is 12.1 Å². The number of rotatable bonds is 5. The Labute approximate surface area is 342 Å². The number of carbonyl (C=O) groups is 1. The molecule has 0 radical (unpaired) electrons. The molecule has 1 N–H and O–H groups in total. The summed E-state index contributed by atoms with van der Waals surface area (Å²) >= 11 is 15.6. The largest absolute Gasteiger partial charge is 0.314 e. The first-order chi connectivity index (χ1) is 24.6. The number of aldehydes is 1. The average molecular weight is 828 g/mol. The highest BCUT2D eigenvalue weighted by Gasteiger charge is 2.14. The van der Waals surface area contributed by atoms with Crippen molar-refractivity contribution in [2.24, 2.45) is 0 Å². The summed E-state index contributed by atoms with van der Waals surface area (Å²) in [4.78, 5) is 34.7. The van der Waals surface area contributed by atoms with E-state index >= 15 is 0 Å². The molecule has 3 saturated heterocycles. The van der Waals surface area contributed by atoms with E-state index in [1.165, 1.54) is 76.6 Å². The fraction of sp³-hybridized carbons (Fsp3) is 0.568. The van der Waals surface area contributed by atoms with Gasteiger partial charge in [0.05, 0.1) is 0 Å². The lowest BCUT2D eigenvalue weighted by atomic mass is 10.2. The van der Waals surface area contributed by atoms with Crippen molar-refractivity contribution < 1.29 is 9.50 Å². The van der Waals surface area contributed by atoms with Gasteiger partial charge in [-0.1, -0.05) is 19.6 Å². The van der Waals surface area contributed by atoms with Gasteiger partial charge < -0.3 is 20.0 Å². The highest BCUT2D eigenvalue weighted by molar-refractivity contribution is 8.37. The van der Waals surface area contributed by atoms with Gasteiger partial charge in [-0.05, 0) is 77.3 Å². The zero-order valence-corrected chi connectivity index (χ0v) is 35.7. The number of hydrogen-bond acceptors (Lipinski definition) is 14. The lowest BCUT2D eigenvalue weighted by molar-refractivity contribution is 0.112. The van der Waals surface area contributed by atoms with Crippen molar-refractivity contribution in [3.8, 4) is 0 Å². The fourth-order valence-corrected chi connectivity index (χ4v) is 5.04. The Balaban J connectivity index is 0. The number of nitrogens with one attached hydrogen (secondary N) is 1. The second-order valence-corrected chi connectivity index (χ2v) is 14.5. The van der Waals surface area contributed by atoms with Crippen molar-refractivity contribution in [1.29, 1.82) is 0 Å². The Hall–Kier alpha value is -2.09. The molecule has 298 valence electrons. The van der Waals surface area contributed by atoms with Gasteiger partial charge in [-0.2, -0.15) is 0 Å². The minimum absolute atomic E-state index is 0. The van der Waals surface area contributed by atoms with Gasteiger partial charge in [0.1, 0.15) is 0 Å². The minimum atomic E-state index is 0. The molecule has 0 aromatic carbocycles. The van der Waals surface area contributed by atoms with Gasteiger partial charge >= 0.3 is 0 Å². The van der Waals surface area contributed by atoms with Crippen LogP contribution in [0.4, 0.5) is 4.70 Å². The van der Waals surface area contributed by atoms with Gasteiger partial charge in [-0.15, -0.1) is 0 Å². The Morgan fingerprint density at radius 1 is 0.623 bits per heavy atom. The van der Waals surface area contributed by atoms with Crippen molar-refractivity contribution in [1.82, 2.24) is 44.8 Å². The molecule has 53 heavy (non-hydrogen) atoms. The molecule has 3 fully saturated rings. The first-order valence-electron chi connectivity index (χ1n) is 17.1. The van der Waals surface area contributed by atoms with Gasteiger partial charge in [0, 0.05) is 186 Å². The lowest BCUT2D eigenvalue weighted by Gasteiger charge is -2.32. The Kier molecular flexibility index (Phi) is 33.3. The predicted molar refractivity (Wildman–Crippen MR) is 234 cm³/mol. The van der Waals surface area contributed by atoms with Crippen LogP contribution in [0.15, 0.2) is 55.0 Å². The first-order valence-corrected chi connectivity index (χ1v) is 21.1. The maximum atomic E-state index is 10.1. The van der Waals surface area contributed by atoms with Crippen molar-refractivity contribution in [2.45, 2.75) is 41.3 Å². The van der Waals surface area contributed by atoms with Gasteiger partial charge in [0.25, 0.3) is 0 Å². The summed E-state index contributed by atoms with van der Waals surface area (Å²) in [5.74, 6) is 0. The van der Waals surface area contributed by atoms with Crippen LogP contribution in [0.25, 0.3) is 0 Å². The second-order valence-electron chi connectivity index (χ2n) is 12.7. The summed E-state index contributed by atoms with van der Waals surface area (Å²) in [5, 5.41) is 3.27. The van der Waals surface area contributed by atoms with Gasteiger partial charge in [-0.25, -0.2) is 0 Å². The number of piperazine rings is 3. The standard InChI is InChI=1S/2C12H19N3.C7H7NO.C5H12N2.CH4.FH.S3.S2/c2*1-11-3-4-12(9-13-11)10-15-7-5-14(2)6-8-15;1-6-2-3-7(5-9)4-8-6;1-7-4-2-6-3-5-7;;;1-3-2;1-2/h2*3-4,9H,5-8,10H2,1-2H3;2-5H,1H3;6H,2-5H2,1H3;1H4;1H;;. The molecule has 10 nitrogen and oxygen atoms in total. The van der Waals surface area contributed by atoms with E-state index in [0.29, 0.717) is 5.56 Å². The van der Waals surface area contributed by atoms with E-state index in [9.17, 15) is 4.79 Å². The zero-order chi connectivity index (χ0) is 37.9. The number of aryl methyl sites for hydroxylation is 3. The second kappa shape index (κ2) is 33.3. The van der Waals surface area contributed by atoms with E-state index in [1.54, 1.807) is 12.3 Å². The van der Waals surface area contributed by atoms with Gasteiger partial charge in [-0.3, -0.25) is 34.3 Å². The molecule has 0 bridgehead atoms. The summed E-state index contributed by atoms with van der Waals surface area (Å²) in [7, 11) is 7.44. The van der Waals surface area contributed by atoms with Crippen LogP contribution >= 0.6 is 0 Å². The maximum absolute atomic E-state index is 10.1. The molecule has 0 unspecified atom stereocenters. The fourth-order valence-electron chi connectivity index (χ4n) is 5.04. The number of hydrogen-bond donors (Lipinski definition) is 1. The van der Waals surface area contributed by atoms with Crippen molar-refractivity contribution >= 4 is 59.9 Å². The molecule has 0 amide bonds. The average Bonchev–Trinajstić information content (AvgIpc) is 3.15. The van der Waals surface area contributed by atoms with Crippen molar-refractivity contribution in [2.75, 3.05) is 99.7 Å². The molecule has 16 heteroatoms. The molecule has 0 aliphatic carbocycles. The third-order valence-corrected chi connectivity index (χ3v) is 8.36. The molecular weight excluding hydrogens is 766 g/mol. The summed E-state index contributed by atoms with van der Waals surface area (Å²) in [6.07, 6.45) is 6.33. The molecule has 6 rings (SSSR count). The van der Waals surface area contributed by atoms with Crippen LogP contribution in [0.3, 0.4) is 0 Å². The molecule has 3 aromatic rings. The summed E-state index contributed by atoms with van der Waals surface area (Å²) in [5.41, 5.74) is 6.39. The minimum Gasteiger partial charge on any atom is -0.314 e. The van der Waals surface area contributed by atoms with E-state index in [2.05, 4.69) is 135 Å². The number of pyridine rings is 3. The molecule has 0 saturated carbocycles. The third kappa shape index (κ3) is 26.4. The zero-order valence-electron chi connectivity index (χ0n) is 31.6. The maximum Gasteiger partial charge on any atom is 0.151 e. The van der Waals surface area contributed by atoms with E-state index in [1.807, 2.05) is 39.2 Å². The van der Waals surface area contributed by atoms with Crippen LogP contribution in [0.2, 0.25) is 0 Å². The molecule has 3 aliphatic heterocycles. The van der Waals surface area contributed by atoms with E-state index in [4.69, 9.17) is 0 Å². The molecule has 3 aliphatic rings. The number of carbonyl (C=O) groups excluding carboxylic acids is 1. The topological polar surface area (TPSA) is 84.0 Å². The van der Waals surface area contributed by atoms with Gasteiger partial charge in [0.15, 0.2) is 6.29 Å². The third-order valence-electron chi connectivity index (χ3n) is 8.36. The summed E-state index contributed by atoms with van der Waals surface area (Å²) in [6, 6.07) is 12.1. The number of aromatic nitrogens is 3. The number of nitrogens with zero attached hydrogens (tertiary/aromatic N) is 8. The Morgan fingerprint density at radius 2 is 0.962 bits per heavy atom. The molecule has 6 heterocycles. The van der Waals surface area contributed by atoms with Gasteiger partial charge in [0.2, 0.25) is 0 Å². The van der Waals surface area contributed by atoms with Crippen molar-refractivity contribution in [3.05, 3.63) is 88.8 Å². The highest BCUT2D eigenvalue weighted by Crippen LogP contribution is 2.08. The van der Waals surface area contributed by atoms with E-state index in [0.717, 1.165) is 58.4 Å². The SMILES string of the molecule is C.CN1CCNCC1.Cc1ccc(C=O)cn1.Cc1ccc(CN2CCN(C)CC2)cn1.Cc1ccc(CN2CCN(C)CC2)cn1.F.S=S.S=S=S. The monoisotopic (exact) mass is 827 g/mol. The summed E-state index contributed by atoms with van der Waals surface area (Å²) in [6.45, 7) is 22.2. The first kappa shape index (κ1) is 53.0. The number of halogens is 1. The smallest absolute Gasteiger partial charge is 0.151 e. The van der Waals surface area contributed by atoms with E-state index < -0.39 is 0 Å². The highest BCUT2D eigenvalue weighted by atomic mass is 33.1. The van der Waals surface area contributed by atoms with Crippen molar-refractivity contribution in [3.63, 3.8) is 0 Å². The Morgan fingerprint density at radius 3 is 1.23 bits per heavy atom. The molecule has 3 aromatic heterocycles. The summed E-state index contributed by atoms with van der Waals surface area (Å²) < 4.78 is 0. The van der Waals surface area contributed by atoms with Crippen LogP contribution < -0.4 is 5.32 Å². The molecule has 0 spiro atoms. The molecule has 0 atom stereocenters. The Bertz CT molecular complexity index is 1290. The predicted octanol–water partition coefficient (Wildman–Crippen LogP) is 3.78.